The molecule has 0 aromatic heterocycles. The van der Waals surface area contributed by atoms with Crippen molar-refractivity contribution in [1.82, 2.24) is 5.32 Å². The van der Waals surface area contributed by atoms with E-state index in [1.807, 2.05) is 0 Å². The topological polar surface area (TPSA) is 101 Å². The number of hydrogen-bond acceptors (Lipinski definition) is 4. The molecule has 7 heteroatoms. The highest BCUT2D eigenvalue weighted by atomic mass is 32.1. The van der Waals surface area contributed by atoms with E-state index in [1.54, 1.807) is 0 Å². The van der Waals surface area contributed by atoms with Crippen LogP contribution in [0.25, 0.3) is 0 Å². The molecule has 1 amide bonds. The summed E-state index contributed by atoms with van der Waals surface area (Å²) >= 11 is 3.34. The second-order valence-corrected chi connectivity index (χ2v) is 3.66. The highest BCUT2D eigenvalue weighted by Gasteiger charge is 2.39. The highest BCUT2D eigenvalue weighted by molar-refractivity contribution is 7.98. The van der Waals surface area contributed by atoms with Crippen molar-refractivity contribution in [2.45, 2.75) is 18.9 Å². The molecular formula is C8H9NO5S. The van der Waals surface area contributed by atoms with Gasteiger partial charge in [-0.15, -0.1) is 0 Å². The maximum atomic E-state index is 11.3. The smallest absolute Gasteiger partial charge is 0.304 e. The van der Waals surface area contributed by atoms with Crippen molar-refractivity contribution < 1.29 is 24.3 Å². The Morgan fingerprint density at radius 2 is 2.07 bits per heavy atom. The van der Waals surface area contributed by atoms with Crippen LogP contribution >= 0.6 is 12.6 Å². The average Bonchev–Trinajstić information content (AvgIpc) is 2.07. The van der Waals surface area contributed by atoms with Crippen molar-refractivity contribution in [3.63, 3.8) is 0 Å². The first kappa shape index (κ1) is 11.7. The first-order chi connectivity index (χ1) is 6.91. The molecule has 0 aromatic rings. The summed E-state index contributed by atoms with van der Waals surface area (Å²) in [5, 5.41) is 9.94. The van der Waals surface area contributed by atoms with E-state index < -0.39 is 35.2 Å². The molecule has 0 saturated carbocycles. The Balaban J connectivity index is 2.69. The number of Topliss-reactive ketones (excluding diaryl/α,β-unsaturated/α-hetero) is 1. The van der Waals surface area contributed by atoms with Crippen molar-refractivity contribution in [1.29, 1.82) is 0 Å². The van der Waals surface area contributed by atoms with Crippen LogP contribution in [0.4, 0.5) is 0 Å². The minimum atomic E-state index is -1.19. The van der Waals surface area contributed by atoms with Gasteiger partial charge in [0.2, 0.25) is 11.7 Å². The maximum absolute atomic E-state index is 11.3. The second kappa shape index (κ2) is 4.43. The quantitative estimate of drug-likeness (QED) is 0.320. The molecule has 15 heavy (non-hydrogen) atoms. The lowest BCUT2D eigenvalue weighted by Crippen LogP contribution is -2.55. The van der Waals surface area contributed by atoms with Crippen LogP contribution < -0.4 is 5.32 Å². The number of rotatable bonds is 5. The van der Waals surface area contributed by atoms with E-state index in [1.165, 1.54) is 0 Å². The zero-order valence-electron chi connectivity index (χ0n) is 7.60. The lowest BCUT2D eigenvalue weighted by Gasteiger charge is -2.32. The molecule has 2 N–H and O–H groups in total. The SMILES string of the molecule is O=C(O)CC(C(=O)C(=O)S)C1CC(=O)N1. The van der Waals surface area contributed by atoms with Gasteiger partial charge in [-0.2, -0.15) is 0 Å². The zero-order valence-corrected chi connectivity index (χ0v) is 8.49. The van der Waals surface area contributed by atoms with E-state index >= 15 is 0 Å². The largest absolute Gasteiger partial charge is 0.481 e. The van der Waals surface area contributed by atoms with Crippen molar-refractivity contribution in [3.05, 3.63) is 0 Å². The molecule has 82 valence electrons. The molecule has 0 bridgehead atoms. The monoisotopic (exact) mass is 231 g/mol. The van der Waals surface area contributed by atoms with Gasteiger partial charge in [0.15, 0.2) is 0 Å². The number of ketones is 1. The van der Waals surface area contributed by atoms with Crippen LogP contribution in [-0.4, -0.2) is 33.9 Å². The number of nitrogens with one attached hydrogen (secondary N) is 1. The number of carbonyl (C=O) groups is 4. The molecule has 1 saturated heterocycles. The van der Waals surface area contributed by atoms with Gasteiger partial charge < -0.3 is 10.4 Å². The fourth-order valence-corrected chi connectivity index (χ4v) is 1.56. The van der Waals surface area contributed by atoms with Crippen molar-refractivity contribution in [2.24, 2.45) is 5.92 Å². The van der Waals surface area contributed by atoms with Gasteiger partial charge in [0, 0.05) is 12.5 Å². The van der Waals surface area contributed by atoms with Gasteiger partial charge in [-0.25, -0.2) is 0 Å². The molecule has 1 heterocycles. The Morgan fingerprint density at radius 1 is 1.53 bits per heavy atom. The number of β-lactam (4-membered cyclic amide) rings is 1. The average molecular weight is 231 g/mol. The number of amides is 1. The summed E-state index contributed by atoms with van der Waals surface area (Å²) in [6.45, 7) is 0. The number of carboxylic acids is 1. The molecule has 0 aliphatic carbocycles. The molecule has 0 radical (unpaired) electrons. The normalized spacial score (nSPS) is 21.1. The fourth-order valence-electron chi connectivity index (χ4n) is 1.39. The van der Waals surface area contributed by atoms with E-state index in [0.717, 1.165) is 0 Å². The maximum Gasteiger partial charge on any atom is 0.304 e. The Kier molecular flexibility index (Phi) is 3.46. The van der Waals surface area contributed by atoms with Crippen LogP contribution in [0.5, 0.6) is 0 Å². The van der Waals surface area contributed by atoms with E-state index in [2.05, 4.69) is 17.9 Å². The molecule has 1 rings (SSSR count). The summed E-state index contributed by atoms with van der Waals surface area (Å²) in [6, 6.07) is -0.558. The van der Waals surface area contributed by atoms with E-state index in [9.17, 15) is 19.2 Å². The summed E-state index contributed by atoms with van der Waals surface area (Å²) in [7, 11) is 0. The zero-order chi connectivity index (χ0) is 11.6. The minimum Gasteiger partial charge on any atom is -0.481 e. The lowest BCUT2D eigenvalue weighted by atomic mass is 9.85. The van der Waals surface area contributed by atoms with Gasteiger partial charge in [-0.3, -0.25) is 19.2 Å². The Labute approximate surface area is 90.4 Å². The molecule has 0 aromatic carbocycles. The number of thiol groups is 1. The number of hydrogen-bond donors (Lipinski definition) is 3. The predicted molar refractivity (Wildman–Crippen MR) is 51.3 cm³/mol. The van der Waals surface area contributed by atoms with Gasteiger partial charge in [-0.05, 0) is 0 Å². The molecule has 2 unspecified atom stereocenters. The van der Waals surface area contributed by atoms with Crippen molar-refractivity contribution in [2.75, 3.05) is 0 Å². The first-order valence-electron chi connectivity index (χ1n) is 4.20. The third kappa shape index (κ3) is 2.79. The fraction of sp³-hybridized carbons (Fsp3) is 0.500. The number of carboxylic acid groups (broad SMARTS) is 1. The highest BCUT2D eigenvalue weighted by Crippen LogP contribution is 2.20. The molecule has 1 aliphatic heterocycles. The number of aliphatic carboxylic acids is 1. The summed E-state index contributed by atoms with van der Waals surface area (Å²) in [5.74, 6) is -3.32. The van der Waals surface area contributed by atoms with Gasteiger partial charge in [0.05, 0.1) is 12.3 Å². The third-order valence-electron chi connectivity index (χ3n) is 2.18. The van der Waals surface area contributed by atoms with Crippen LogP contribution in [0, 0.1) is 5.92 Å². The molecular weight excluding hydrogens is 222 g/mol. The molecule has 2 atom stereocenters. The van der Waals surface area contributed by atoms with Gasteiger partial charge in [0.25, 0.3) is 5.12 Å². The van der Waals surface area contributed by atoms with Crippen molar-refractivity contribution in [3.8, 4) is 0 Å². The Hall–Kier alpha value is -1.37. The summed E-state index contributed by atoms with van der Waals surface area (Å²) < 4.78 is 0. The third-order valence-corrected chi connectivity index (χ3v) is 2.40. The van der Waals surface area contributed by atoms with Crippen LogP contribution in [0.15, 0.2) is 0 Å². The first-order valence-corrected chi connectivity index (χ1v) is 4.65. The Bertz CT molecular complexity index is 332. The number of carbonyl (C=O) groups excluding carboxylic acids is 3. The summed E-state index contributed by atoms with van der Waals surface area (Å²) in [6.07, 6.45) is -0.402. The van der Waals surface area contributed by atoms with E-state index in [4.69, 9.17) is 5.11 Å². The van der Waals surface area contributed by atoms with E-state index in [-0.39, 0.29) is 12.3 Å². The molecule has 1 aliphatic rings. The van der Waals surface area contributed by atoms with Gasteiger partial charge in [0.1, 0.15) is 0 Å². The Morgan fingerprint density at radius 3 is 2.40 bits per heavy atom. The summed E-state index contributed by atoms with van der Waals surface area (Å²) in [5.41, 5.74) is 0. The van der Waals surface area contributed by atoms with Gasteiger partial charge in [-0.1, -0.05) is 12.6 Å². The van der Waals surface area contributed by atoms with Crippen molar-refractivity contribution >= 4 is 35.4 Å². The van der Waals surface area contributed by atoms with Crippen LogP contribution in [-0.2, 0) is 19.2 Å². The molecule has 0 spiro atoms. The summed E-state index contributed by atoms with van der Waals surface area (Å²) in [4.78, 5) is 43.1. The lowest BCUT2D eigenvalue weighted by molar-refractivity contribution is -0.145. The molecule has 1 fully saturated rings. The predicted octanol–water partition coefficient (Wildman–Crippen LogP) is -1.01. The molecule has 6 nitrogen and oxygen atoms in total. The van der Waals surface area contributed by atoms with Crippen LogP contribution in [0.1, 0.15) is 12.8 Å². The van der Waals surface area contributed by atoms with E-state index in [0.29, 0.717) is 0 Å². The standard InChI is InChI=1S/C8H9NO5S/c10-5-2-4(9-5)3(1-6(11)12)7(13)8(14)15/h3-4H,1-2H2,(H,9,10)(H,11,12)(H,14,15). The van der Waals surface area contributed by atoms with Gasteiger partial charge >= 0.3 is 5.97 Å². The van der Waals surface area contributed by atoms with Crippen LogP contribution in [0.2, 0.25) is 0 Å². The second-order valence-electron chi connectivity index (χ2n) is 3.25. The van der Waals surface area contributed by atoms with Crippen LogP contribution in [0.3, 0.4) is 0 Å². The minimum absolute atomic E-state index is 0.0742.